The monoisotopic (exact) mass is 438 g/mol. The number of nitrogens with one attached hydrogen (secondary N) is 1. The molecule has 4 rings (SSSR count). The maximum atomic E-state index is 12.6. The molecule has 2 aromatic heterocycles. The molecule has 28 heavy (non-hydrogen) atoms. The molecule has 0 radical (unpaired) electrons. The van der Waals surface area contributed by atoms with Crippen molar-refractivity contribution in [3.8, 4) is 0 Å². The van der Waals surface area contributed by atoms with Gasteiger partial charge in [0, 0.05) is 22.6 Å². The fourth-order valence-electron chi connectivity index (χ4n) is 2.88. The van der Waals surface area contributed by atoms with Crippen LogP contribution in [0.2, 0.25) is 0 Å². The van der Waals surface area contributed by atoms with Crippen molar-refractivity contribution in [3.05, 3.63) is 33.0 Å². The predicted molar refractivity (Wildman–Crippen MR) is 102 cm³/mol. The zero-order valence-electron chi connectivity index (χ0n) is 14.4. The average Bonchev–Trinajstić information content (AvgIpc) is 3.31. The fraction of sp³-hybridized carbons (Fsp3) is 0.333. The number of thioether (sulfide) groups is 2. The molecule has 2 aromatic rings. The van der Waals surface area contributed by atoms with Crippen LogP contribution in [0.3, 0.4) is 0 Å². The van der Waals surface area contributed by atoms with E-state index in [1.165, 1.54) is 32.7 Å². The van der Waals surface area contributed by atoms with Crippen LogP contribution in [-0.2, 0) is 27.9 Å². The molecule has 0 bridgehead atoms. The van der Waals surface area contributed by atoms with Crippen LogP contribution >= 0.6 is 34.9 Å². The summed E-state index contributed by atoms with van der Waals surface area (Å²) in [7, 11) is 1.65. The molecule has 10 nitrogen and oxygen atoms in total. The molecule has 0 aromatic carbocycles. The lowest BCUT2D eigenvalue weighted by Gasteiger charge is -2.49. The summed E-state index contributed by atoms with van der Waals surface area (Å²) in [6.07, 6.45) is 0.195. The molecule has 146 valence electrons. The number of carboxylic acid groups (broad SMARTS) is 1. The zero-order valence-corrected chi connectivity index (χ0v) is 16.9. The van der Waals surface area contributed by atoms with Gasteiger partial charge in [0.05, 0.1) is 6.42 Å². The summed E-state index contributed by atoms with van der Waals surface area (Å²) in [4.78, 5) is 39.3. The molecule has 0 saturated carbocycles. The maximum Gasteiger partial charge on any atom is 0.353 e. The van der Waals surface area contributed by atoms with Crippen LogP contribution in [0.1, 0.15) is 4.88 Å². The van der Waals surface area contributed by atoms with E-state index < -0.39 is 23.3 Å². The van der Waals surface area contributed by atoms with E-state index in [0.29, 0.717) is 15.8 Å². The number of β-lactam (4-membered cyclic amide) rings is 1. The summed E-state index contributed by atoms with van der Waals surface area (Å²) in [5.74, 6) is -1.50. The smallest absolute Gasteiger partial charge is 0.353 e. The van der Waals surface area contributed by atoms with E-state index in [4.69, 9.17) is 0 Å². The second kappa shape index (κ2) is 7.56. The fourth-order valence-corrected chi connectivity index (χ4v) is 5.97. The Bertz CT molecular complexity index is 972. The van der Waals surface area contributed by atoms with Gasteiger partial charge in [0.1, 0.15) is 17.1 Å². The number of aromatic nitrogens is 4. The van der Waals surface area contributed by atoms with Crippen molar-refractivity contribution in [2.24, 2.45) is 7.05 Å². The molecule has 13 heteroatoms. The minimum Gasteiger partial charge on any atom is -0.477 e. The van der Waals surface area contributed by atoms with Gasteiger partial charge in [0.2, 0.25) is 11.1 Å². The van der Waals surface area contributed by atoms with Crippen LogP contribution in [-0.4, -0.2) is 65.2 Å². The predicted octanol–water partition coefficient (Wildman–Crippen LogP) is 0.303. The number of tetrazole rings is 1. The summed E-state index contributed by atoms with van der Waals surface area (Å²) in [5.41, 5.74) is -0.0782. The Hall–Kier alpha value is -2.38. The van der Waals surface area contributed by atoms with Gasteiger partial charge in [-0.05, 0) is 33.6 Å². The Morgan fingerprint density at radius 2 is 2.29 bits per heavy atom. The Balaban J connectivity index is 1.50. The van der Waals surface area contributed by atoms with E-state index in [1.54, 1.807) is 7.05 Å². The summed E-state index contributed by atoms with van der Waals surface area (Å²) in [6.45, 7) is 0. The highest BCUT2D eigenvalue weighted by molar-refractivity contribution is 8.06. The number of nitrogens with zero attached hydrogens (tertiary/aromatic N) is 5. The second-order valence-electron chi connectivity index (χ2n) is 5.98. The first-order valence-electron chi connectivity index (χ1n) is 8.08. The van der Waals surface area contributed by atoms with Crippen LogP contribution < -0.4 is 5.32 Å². The molecule has 1 fully saturated rings. The summed E-state index contributed by atoms with van der Waals surface area (Å²) in [5, 5.41) is 25.4. The van der Waals surface area contributed by atoms with Gasteiger partial charge >= 0.3 is 5.97 Å². The van der Waals surface area contributed by atoms with E-state index in [1.807, 2.05) is 17.5 Å². The van der Waals surface area contributed by atoms with Crippen molar-refractivity contribution >= 4 is 52.6 Å². The van der Waals surface area contributed by atoms with E-state index in [-0.39, 0.29) is 18.0 Å². The Labute approximate surface area is 171 Å². The highest BCUT2D eigenvalue weighted by Crippen LogP contribution is 2.44. The van der Waals surface area contributed by atoms with Gasteiger partial charge < -0.3 is 10.4 Å². The lowest BCUT2D eigenvalue weighted by molar-refractivity contribution is -0.150. The van der Waals surface area contributed by atoms with Crippen LogP contribution in [0, 0.1) is 0 Å². The van der Waals surface area contributed by atoms with Gasteiger partial charge in [-0.25, -0.2) is 9.48 Å². The van der Waals surface area contributed by atoms with Crippen molar-refractivity contribution in [3.63, 3.8) is 0 Å². The molecule has 2 atom stereocenters. The third-order valence-corrected chi connectivity index (χ3v) is 7.61. The SMILES string of the molecule is Cn1nnnc1SC1=C(C(=O)O)N2C(=O)C(NC(=O)Cc3cccs3)[C@@H]2SC1. The quantitative estimate of drug-likeness (QED) is 0.612. The number of aryl methyl sites for hydroxylation is 1. The maximum absolute atomic E-state index is 12.6. The largest absolute Gasteiger partial charge is 0.477 e. The first-order valence-corrected chi connectivity index (χ1v) is 10.8. The van der Waals surface area contributed by atoms with E-state index >= 15 is 0 Å². The van der Waals surface area contributed by atoms with Crippen molar-refractivity contribution < 1.29 is 19.5 Å². The molecule has 1 unspecified atom stereocenters. The molecule has 2 N–H and O–H groups in total. The standard InChI is InChI=1S/C15H14N6O4S3/c1-20-15(17-18-19-20)28-8-6-27-13-10(12(23)21(13)11(8)14(24)25)16-9(22)5-7-3-2-4-26-7/h2-4,10,13H,5-6H2,1H3,(H,16,22)(H,24,25)/t10?,13-/m0/s1. The molecular weight excluding hydrogens is 424 g/mol. The number of thiophene rings is 1. The number of amides is 2. The highest BCUT2D eigenvalue weighted by atomic mass is 32.2. The van der Waals surface area contributed by atoms with Crippen molar-refractivity contribution in [1.29, 1.82) is 0 Å². The minimum atomic E-state index is -1.19. The third kappa shape index (κ3) is 3.40. The molecular formula is C15H14N6O4S3. The van der Waals surface area contributed by atoms with E-state index in [9.17, 15) is 19.5 Å². The summed E-state index contributed by atoms with van der Waals surface area (Å²) >= 11 is 3.99. The number of carbonyl (C=O) groups is 3. The lowest BCUT2D eigenvalue weighted by atomic mass is 10.0. The van der Waals surface area contributed by atoms with Gasteiger partial charge in [0.15, 0.2) is 0 Å². The number of carboxylic acids is 1. The Morgan fingerprint density at radius 3 is 2.93 bits per heavy atom. The van der Waals surface area contributed by atoms with Crippen LogP contribution in [0.5, 0.6) is 0 Å². The molecule has 2 aliphatic heterocycles. The zero-order chi connectivity index (χ0) is 19.8. The third-order valence-electron chi connectivity index (χ3n) is 4.16. The van der Waals surface area contributed by atoms with Gasteiger partial charge in [-0.15, -0.1) is 28.2 Å². The summed E-state index contributed by atoms with van der Waals surface area (Å²) < 4.78 is 1.43. The molecule has 0 spiro atoms. The first kappa shape index (κ1) is 19.0. The van der Waals surface area contributed by atoms with Crippen LogP contribution in [0.15, 0.2) is 33.3 Å². The highest BCUT2D eigenvalue weighted by Gasteiger charge is 2.54. The number of hydrogen-bond donors (Lipinski definition) is 2. The number of rotatable bonds is 6. The Kier molecular flexibility index (Phi) is 5.12. The lowest BCUT2D eigenvalue weighted by Crippen LogP contribution is -2.70. The van der Waals surface area contributed by atoms with Gasteiger partial charge in [0.25, 0.3) is 5.91 Å². The average molecular weight is 439 g/mol. The van der Waals surface area contributed by atoms with Gasteiger partial charge in [-0.1, -0.05) is 6.07 Å². The van der Waals surface area contributed by atoms with E-state index in [0.717, 1.165) is 16.6 Å². The van der Waals surface area contributed by atoms with Crippen LogP contribution in [0.25, 0.3) is 0 Å². The number of aliphatic carboxylic acids is 1. The van der Waals surface area contributed by atoms with Crippen LogP contribution in [0.4, 0.5) is 0 Å². The molecule has 1 saturated heterocycles. The summed E-state index contributed by atoms with van der Waals surface area (Å²) in [6, 6.07) is 2.98. The minimum absolute atomic E-state index is 0.0782. The van der Waals surface area contributed by atoms with Gasteiger partial charge in [-0.3, -0.25) is 14.5 Å². The van der Waals surface area contributed by atoms with Crippen molar-refractivity contribution in [2.45, 2.75) is 23.0 Å². The van der Waals surface area contributed by atoms with Crippen molar-refractivity contribution in [1.82, 2.24) is 30.4 Å². The van der Waals surface area contributed by atoms with E-state index in [2.05, 4.69) is 20.8 Å². The molecule has 2 aliphatic rings. The number of hydrogen-bond acceptors (Lipinski definition) is 9. The normalized spacial score (nSPS) is 21.3. The first-order chi connectivity index (χ1) is 13.5. The van der Waals surface area contributed by atoms with Gasteiger partial charge in [-0.2, -0.15) is 0 Å². The topological polar surface area (TPSA) is 130 Å². The molecule has 0 aliphatic carbocycles. The molecule has 4 heterocycles. The Morgan fingerprint density at radius 1 is 1.46 bits per heavy atom. The number of carbonyl (C=O) groups excluding carboxylic acids is 2. The number of fused-ring (bicyclic) bond motifs is 1. The van der Waals surface area contributed by atoms with Crippen molar-refractivity contribution in [2.75, 3.05) is 5.75 Å². The second-order valence-corrected chi connectivity index (χ2v) is 9.17. The molecule has 2 amide bonds.